The van der Waals surface area contributed by atoms with Gasteiger partial charge in [0.25, 0.3) is 0 Å². The zero-order chi connectivity index (χ0) is 13.8. The van der Waals surface area contributed by atoms with Gasteiger partial charge in [0.1, 0.15) is 6.10 Å². The maximum absolute atomic E-state index is 11.2. The highest BCUT2D eigenvalue weighted by Crippen LogP contribution is 2.23. The van der Waals surface area contributed by atoms with Gasteiger partial charge in [-0.05, 0) is 6.07 Å². The number of carbonyl (C=O) groups excluding carboxylic acids is 1. The van der Waals surface area contributed by atoms with Crippen LogP contribution in [0.25, 0.3) is 0 Å². The number of aliphatic hydroxyl groups excluding tert-OH is 1. The van der Waals surface area contributed by atoms with Crippen LogP contribution in [-0.2, 0) is 11.3 Å². The van der Waals surface area contributed by atoms with Gasteiger partial charge >= 0.3 is 5.97 Å². The van der Waals surface area contributed by atoms with Gasteiger partial charge in [-0.15, -0.1) is 5.10 Å². The minimum atomic E-state index is -0.833. The lowest BCUT2D eigenvalue weighted by molar-refractivity contribution is 0.0593. The van der Waals surface area contributed by atoms with E-state index in [-0.39, 0.29) is 12.2 Å². The second-order valence-corrected chi connectivity index (χ2v) is 4.26. The van der Waals surface area contributed by atoms with E-state index in [0.29, 0.717) is 10.6 Å². The van der Waals surface area contributed by atoms with Crippen molar-refractivity contribution in [2.45, 2.75) is 12.6 Å². The predicted octanol–water partition coefficient (Wildman–Crippen LogP) is 1.45. The average molecular weight is 282 g/mol. The van der Waals surface area contributed by atoms with Crippen molar-refractivity contribution in [1.29, 1.82) is 0 Å². The van der Waals surface area contributed by atoms with Gasteiger partial charge in [0.15, 0.2) is 5.69 Å². The van der Waals surface area contributed by atoms with Gasteiger partial charge in [-0.1, -0.05) is 35.0 Å². The molecule has 1 unspecified atom stereocenters. The van der Waals surface area contributed by atoms with E-state index in [2.05, 4.69) is 15.0 Å². The maximum atomic E-state index is 11.2. The first-order valence-corrected chi connectivity index (χ1v) is 5.90. The number of methoxy groups -OCH3 is 1. The van der Waals surface area contributed by atoms with Crippen molar-refractivity contribution in [2.75, 3.05) is 7.11 Å². The second-order valence-electron chi connectivity index (χ2n) is 3.85. The molecule has 2 aromatic rings. The Morgan fingerprint density at radius 2 is 2.26 bits per heavy atom. The van der Waals surface area contributed by atoms with E-state index in [0.717, 1.165) is 0 Å². The van der Waals surface area contributed by atoms with Crippen LogP contribution in [0.15, 0.2) is 30.5 Å². The van der Waals surface area contributed by atoms with Crippen LogP contribution >= 0.6 is 11.6 Å². The summed E-state index contributed by atoms with van der Waals surface area (Å²) in [5.74, 6) is -0.571. The molecule has 7 heteroatoms. The summed E-state index contributed by atoms with van der Waals surface area (Å²) in [6.07, 6.45) is 0.576. The number of nitrogens with zero attached hydrogens (tertiary/aromatic N) is 3. The molecule has 0 radical (unpaired) electrons. The van der Waals surface area contributed by atoms with Crippen molar-refractivity contribution in [1.82, 2.24) is 15.0 Å². The summed E-state index contributed by atoms with van der Waals surface area (Å²) < 4.78 is 5.88. The standard InChI is InChI=1S/C12H12ClN3O3/c1-19-12(18)10-6-16(15-14-10)7-11(17)8-4-2-3-5-9(8)13/h2-6,11,17H,7H2,1H3. The lowest BCUT2D eigenvalue weighted by atomic mass is 10.1. The molecule has 6 nitrogen and oxygen atoms in total. The first kappa shape index (κ1) is 13.5. The van der Waals surface area contributed by atoms with Crippen molar-refractivity contribution in [3.63, 3.8) is 0 Å². The molecule has 0 amide bonds. The fourth-order valence-electron chi connectivity index (χ4n) is 1.61. The number of ether oxygens (including phenoxy) is 1. The van der Waals surface area contributed by atoms with E-state index in [9.17, 15) is 9.90 Å². The van der Waals surface area contributed by atoms with Crippen LogP contribution in [0.4, 0.5) is 0 Å². The van der Waals surface area contributed by atoms with Crippen molar-refractivity contribution in [2.24, 2.45) is 0 Å². The third-order valence-corrected chi connectivity index (χ3v) is 2.90. The van der Waals surface area contributed by atoms with Crippen molar-refractivity contribution in [3.8, 4) is 0 Å². The molecule has 0 bridgehead atoms. The number of benzene rings is 1. The fraction of sp³-hybridized carbons (Fsp3) is 0.250. The van der Waals surface area contributed by atoms with Gasteiger partial charge in [-0.25, -0.2) is 9.48 Å². The zero-order valence-corrected chi connectivity index (χ0v) is 10.9. The van der Waals surface area contributed by atoms with Gasteiger partial charge in [0, 0.05) is 10.6 Å². The molecule has 0 spiro atoms. The SMILES string of the molecule is COC(=O)c1cn(CC(O)c2ccccc2Cl)nn1. The van der Waals surface area contributed by atoms with E-state index in [1.165, 1.54) is 18.0 Å². The van der Waals surface area contributed by atoms with Crippen molar-refractivity contribution in [3.05, 3.63) is 46.7 Å². The molecular formula is C12H12ClN3O3. The molecule has 100 valence electrons. The zero-order valence-electron chi connectivity index (χ0n) is 10.2. The van der Waals surface area contributed by atoms with Crippen LogP contribution in [0.5, 0.6) is 0 Å². The fourth-order valence-corrected chi connectivity index (χ4v) is 1.87. The summed E-state index contributed by atoms with van der Waals surface area (Å²) in [5, 5.41) is 17.9. The Morgan fingerprint density at radius 3 is 2.95 bits per heavy atom. The van der Waals surface area contributed by atoms with E-state index < -0.39 is 12.1 Å². The summed E-state index contributed by atoms with van der Waals surface area (Å²) in [5.41, 5.74) is 0.688. The molecule has 0 aliphatic carbocycles. The number of aliphatic hydroxyl groups is 1. The highest BCUT2D eigenvalue weighted by Gasteiger charge is 2.15. The number of aromatic nitrogens is 3. The summed E-state index contributed by atoms with van der Waals surface area (Å²) in [6.45, 7) is 0.147. The number of hydrogen-bond donors (Lipinski definition) is 1. The van der Waals surface area contributed by atoms with Crippen molar-refractivity contribution >= 4 is 17.6 Å². The van der Waals surface area contributed by atoms with Gasteiger partial charge in [-0.2, -0.15) is 0 Å². The molecule has 1 aromatic heterocycles. The Kier molecular flexibility index (Phi) is 4.13. The first-order chi connectivity index (χ1) is 9.11. The number of esters is 1. The van der Waals surface area contributed by atoms with Crippen LogP contribution < -0.4 is 0 Å². The molecule has 0 aliphatic rings. The predicted molar refractivity (Wildman–Crippen MR) is 67.8 cm³/mol. The lowest BCUT2D eigenvalue weighted by Gasteiger charge is -2.11. The molecule has 1 atom stereocenters. The molecule has 19 heavy (non-hydrogen) atoms. The molecule has 0 saturated heterocycles. The summed E-state index contributed by atoms with van der Waals surface area (Å²) in [6, 6.07) is 6.99. The Bertz CT molecular complexity index is 585. The van der Waals surface area contributed by atoms with E-state index in [4.69, 9.17) is 11.6 Å². The molecule has 1 N–H and O–H groups in total. The first-order valence-electron chi connectivity index (χ1n) is 5.52. The van der Waals surface area contributed by atoms with Crippen molar-refractivity contribution < 1.29 is 14.6 Å². The minimum absolute atomic E-state index is 0.0915. The van der Waals surface area contributed by atoms with Gasteiger partial charge < -0.3 is 9.84 Å². The Balaban J connectivity index is 2.11. The van der Waals surface area contributed by atoms with Crippen LogP contribution in [0.3, 0.4) is 0 Å². The van der Waals surface area contributed by atoms with Crippen LogP contribution in [0, 0.1) is 0 Å². The molecule has 1 heterocycles. The normalized spacial score (nSPS) is 12.2. The number of carbonyl (C=O) groups is 1. The minimum Gasteiger partial charge on any atom is -0.464 e. The number of halogens is 1. The molecule has 0 fully saturated rings. The van der Waals surface area contributed by atoms with Crippen LogP contribution in [-0.4, -0.2) is 33.2 Å². The Hall–Kier alpha value is -1.92. The molecule has 0 aliphatic heterocycles. The highest BCUT2D eigenvalue weighted by molar-refractivity contribution is 6.31. The topological polar surface area (TPSA) is 77.2 Å². The van der Waals surface area contributed by atoms with Crippen LogP contribution in [0.2, 0.25) is 5.02 Å². The van der Waals surface area contributed by atoms with Gasteiger partial charge in [0.2, 0.25) is 0 Å². The quantitative estimate of drug-likeness (QED) is 0.858. The monoisotopic (exact) mass is 281 g/mol. The smallest absolute Gasteiger partial charge is 0.360 e. The average Bonchev–Trinajstić information content (AvgIpc) is 2.86. The van der Waals surface area contributed by atoms with Gasteiger partial charge in [-0.3, -0.25) is 0 Å². The van der Waals surface area contributed by atoms with E-state index in [1.807, 2.05) is 0 Å². The second kappa shape index (κ2) is 5.81. The largest absolute Gasteiger partial charge is 0.464 e. The maximum Gasteiger partial charge on any atom is 0.360 e. The Morgan fingerprint density at radius 1 is 1.53 bits per heavy atom. The van der Waals surface area contributed by atoms with E-state index >= 15 is 0 Å². The molecule has 1 aromatic carbocycles. The summed E-state index contributed by atoms with van der Waals surface area (Å²) >= 11 is 5.98. The molecule has 0 saturated carbocycles. The van der Waals surface area contributed by atoms with E-state index in [1.54, 1.807) is 24.3 Å². The number of hydrogen-bond acceptors (Lipinski definition) is 5. The number of rotatable bonds is 4. The highest BCUT2D eigenvalue weighted by atomic mass is 35.5. The lowest BCUT2D eigenvalue weighted by Crippen LogP contribution is -2.09. The van der Waals surface area contributed by atoms with Gasteiger partial charge in [0.05, 0.1) is 19.9 Å². The third-order valence-electron chi connectivity index (χ3n) is 2.56. The summed E-state index contributed by atoms with van der Waals surface area (Å²) in [4.78, 5) is 11.2. The molecular weight excluding hydrogens is 270 g/mol. The molecule has 2 rings (SSSR count). The third kappa shape index (κ3) is 3.10. The Labute approximate surface area is 114 Å². The van der Waals surface area contributed by atoms with Crippen LogP contribution in [0.1, 0.15) is 22.2 Å². The summed E-state index contributed by atoms with van der Waals surface area (Å²) in [7, 11) is 1.26.